The van der Waals surface area contributed by atoms with Crippen LogP contribution in [0, 0.1) is 0 Å². The predicted molar refractivity (Wildman–Crippen MR) is 70.5 cm³/mol. The molecule has 20 heavy (non-hydrogen) atoms. The van der Waals surface area contributed by atoms with Crippen LogP contribution in [0.15, 0.2) is 12.1 Å². The van der Waals surface area contributed by atoms with Crippen molar-refractivity contribution in [3.63, 3.8) is 0 Å². The van der Waals surface area contributed by atoms with Gasteiger partial charge in [0.1, 0.15) is 10.5 Å². The number of rotatable bonds is 3. The van der Waals surface area contributed by atoms with Gasteiger partial charge in [-0.25, -0.2) is 4.79 Å². The van der Waals surface area contributed by atoms with Crippen LogP contribution in [0.1, 0.15) is 36.6 Å². The third kappa shape index (κ3) is 5.38. The molecule has 0 aromatic carbocycles. The zero-order valence-corrected chi connectivity index (χ0v) is 12.2. The minimum Gasteiger partial charge on any atom is -0.444 e. The summed E-state index contributed by atoms with van der Waals surface area (Å²) in [7, 11) is 0. The fraction of sp³-hybridized carbons (Fsp3) is 0.583. The molecule has 1 rings (SSSR count). The molecule has 1 aromatic rings. The number of amides is 1. The molecule has 0 aliphatic rings. The molecule has 1 atom stereocenters. The smallest absolute Gasteiger partial charge is 0.425 e. The molecule has 0 aliphatic heterocycles. The topological polar surface area (TPSA) is 64.3 Å². The molecule has 0 bridgehead atoms. The molecule has 0 saturated heterocycles. The minimum absolute atomic E-state index is 0.00667. The van der Waals surface area contributed by atoms with Crippen LogP contribution in [-0.2, 0) is 10.9 Å². The molecule has 0 fully saturated rings. The highest BCUT2D eigenvalue weighted by Gasteiger charge is 2.32. The Morgan fingerprint density at radius 3 is 2.45 bits per heavy atom. The highest BCUT2D eigenvalue weighted by atomic mass is 32.1. The number of carbonyl (C=O) groups is 1. The third-order valence-electron chi connectivity index (χ3n) is 2.14. The summed E-state index contributed by atoms with van der Waals surface area (Å²) in [5, 5.41) is 2.42. The van der Waals surface area contributed by atoms with E-state index in [1.54, 1.807) is 20.8 Å². The van der Waals surface area contributed by atoms with Gasteiger partial charge in [-0.2, -0.15) is 13.2 Å². The Hall–Kier alpha value is -1.28. The van der Waals surface area contributed by atoms with Gasteiger partial charge >= 0.3 is 12.3 Å². The zero-order chi connectivity index (χ0) is 15.6. The van der Waals surface area contributed by atoms with E-state index in [1.165, 1.54) is 6.07 Å². The van der Waals surface area contributed by atoms with Crippen LogP contribution in [-0.4, -0.2) is 18.2 Å². The molecule has 8 heteroatoms. The number of nitrogens with two attached hydrogens (primary N) is 1. The minimum atomic E-state index is -4.37. The largest absolute Gasteiger partial charge is 0.444 e. The number of halogens is 3. The van der Waals surface area contributed by atoms with Crippen molar-refractivity contribution in [1.82, 2.24) is 5.32 Å². The number of carbonyl (C=O) groups excluding carboxylic acids is 1. The van der Waals surface area contributed by atoms with Gasteiger partial charge in [0.15, 0.2) is 0 Å². The Bertz CT molecular complexity index is 466. The molecule has 0 radical (unpaired) electrons. The highest BCUT2D eigenvalue weighted by molar-refractivity contribution is 7.12. The number of thiophene rings is 1. The van der Waals surface area contributed by atoms with Crippen LogP contribution in [0.4, 0.5) is 18.0 Å². The molecule has 1 unspecified atom stereocenters. The van der Waals surface area contributed by atoms with Gasteiger partial charge in [0.25, 0.3) is 0 Å². The average molecular weight is 310 g/mol. The molecule has 0 aliphatic carbocycles. The van der Waals surface area contributed by atoms with Crippen LogP contribution in [0.25, 0.3) is 0 Å². The van der Waals surface area contributed by atoms with E-state index in [2.05, 4.69) is 5.32 Å². The lowest BCUT2D eigenvalue weighted by atomic mass is 10.2. The van der Waals surface area contributed by atoms with Crippen LogP contribution in [0.5, 0.6) is 0 Å². The van der Waals surface area contributed by atoms with Gasteiger partial charge in [-0.05, 0) is 32.9 Å². The van der Waals surface area contributed by atoms with Crippen LogP contribution < -0.4 is 11.1 Å². The van der Waals surface area contributed by atoms with E-state index in [9.17, 15) is 18.0 Å². The maximum atomic E-state index is 12.4. The lowest BCUT2D eigenvalue weighted by molar-refractivity contribution is -0.134. The van der Waals surface area contributed by atoms with Gasteiger partial charge in [0.05, 0.1) is 6.04 Å². The molecular formula is C12H17F3N2O2S. The highest BCUT2D eigenvalue weighted by Crippen LogP contribution is 2.35. The van der Waals surface area contributed by atoms with Crippen molar-refractivity contribution in [2.24, 2.45) is 5.73 Å². The predicted octanol–water partition coefficient (Wildman–Crippen LogP) is 3.29. The molecule has 1 heterocycles. The first-order valence-electron chi connectivity index (χ1n) is 5.88. The number of alkyl carbamates (subject to hydrolysis) is 1. The number of nitrogens with one attached hydrogen (secondary N) is 1. The molecule has 1 aromatic heterocycles. The Kier molecular flexibility index (Phi) is 5.04. The number of hydrogen-bond donors (Lipinski definition) is 2. The summed E-state index contributed by atoms with van der Waals surface area (Å²) >= 11 is 0.571. The van der Waals surface area contributed by atoms with Gasteiger partial charge < -0.3 is 15.8 Å². The van der Waals surface area contributed by atoms with Crippen molar-refractivity contribution in [2.45, 2.75) is 38.6 Å². The molecule has 0 saturated carbocycles. The SMILES string of the molecule is CC(C)(C)OC(=O)NCC(N)c1ccc(C(F)(F)F)s1. The van der Waals surface area contributed by atoms with Crippen LogP contribution >= 0.6 is 11.3 Å². The van der Waals surface area contributed by atoms with E-state index in [0.29, 0.717) is 16.2 Å². The quantitative estimate of drug-likeness (QED) is 0.900. The fourth-order valence-corrected chi connectivity index (χ4v) is 2.19. The van der Waals surface area contributed by atoms with E-state index in [-0.39, 0.29) is 6.54 Å². The third-order valence-corrected chi connectivity index (χ3v) is 3.40. The summed E-state index contributed by atoms with van der Waals surface area (Å²) in [4.78, 5) is 11.0. The van der Waals surface area contributed by atoms with E-state index in [4.69, 9.17) is 10.5 Å². The summed E-state index contributed by atoms with van der Waals surface area (Å²) in [5.74, 6) is 0. The second-order valence-electron chi connectivity index (χ2n) is 5.19. The first kappa shape index (κ1) is 16.8. The van der Waals surface area contributed by atoms with Gasteiger partial charge in [-0.3, -0.25) is 0 Å². The molecule has 1 amide bonds. The first-order chi connectivity index (χ1) is 8.99. The summed E-state index contributed by atoms with van der Waals surface area (Å²) in [5.41, 5.74) is 5.10. The standard InChI is InChI=1S/C12H17F3N2O2S/c1-11(2,3)19-10(18)17-6-7(16)8-4-5-9(20-8)12(13,14)15/h4-5,7H,6,16H2,1-3H3,(H,17,18). The molecule has 4 nitrogen and oxygen atoms in total. The molecule has 114 valence electrons. The van der Waals surface area contributed by atoms with Crippen LogP contribution in [0.2, 0.25) is 0 Å². The monoisotopic (exact) mass is 310 g/mol. The Balaban J connectivity index is 2.53. The zero-order valence-electron chi connectivity index (χ0n) is 11.4. The Morgan fingerprint density at radius 1 is 1.40 bits per heavy atom. The lowest BCUT2D eigenvalue weighted by Gasteiger charge is -2.20. The lowest BCUT2D eigenvalue weighted by Crippen LogP contribution is -2.36. The molecule has 3 N–H and O–H groups in total. The second kappa shape index (κ2) is 6.01. The normalized spacial score (nSPS) is 13.9. The number of alkyl halides is 3. The van der Waals surface area contributed by atoms with Crippen molar-refractivity contribution < 1.29 is 22.7 Å². The van der Waals surface area contributed by atoms with E-state index in [0.717, 1.165) is 6.07 Å². The van der Waals surface area contributed by atoms with E-state index < -0.39 is 28.8 Å². The molecular weight excluding hydrogens is 293 g/mol. The summed E-state index contributed by atoms with van der Waals surface area (Å²) < 4.78 is 42.3. The van der Waals surface area contributed by atoms with Gasteiger partial charge in [0.2, 0.25) is 0 Å². The van der Waals surface area contributed by atoms with E-state index in [1.807, 2.05) is 0 Å². The summed E-state index contributed by atoms with van der Waals surface area (Å²) in [6, 6.07) is 1.59. The summed E-state index contributed by atoms with van der Waals surface area (Å²) in [6.07, 6.45) is -5.03. The maximum absolute atomic E-state index is 12.4. The Labute approximate surface area is 119 Å². The van der Waals surface area contributed by atoms with Crippen molar-refractivity contribution in [3.8, 4) is 0 Å². The van der Waals surface area contributed by atoms with Gasteiger partial charge in [-0.1, -0.05) is 0 Å². The summed E-state index contributed by atoms with van der Waals surface area (Å²) in [6.45, 7) is 5.14. The van der Waals surface area contributed by atoms with E-state index >= 15 is 0 Å². The van der Waals surface area contributed by atoms with Crippen LogP contribution in [0.3, 0.4) is 0 Å². The Morgan fingerprint density at radius 2 is 2.00 bits per heavy atom. The van der Waals surface area contributed by atoms with Crippen molar-refractivity contribution >= 4 is 17.4 Å². The maximum Gasteiger partial charge on any atom is 0.425 e. The van der Waals surface area contributed by atoms with Crippen molar-refractivity contribution in [3.05, 3.63) is 21.9 Å². The fourth-order valence-electron chi connectivity index (χ4n) is 1.31. The second-order valence-corrected chi connectivity index (χ2v) is 6.30. The average Bonchev–Trinajstić information content (AvgIpc) is 2.72. The van der Waals surface area contributed by atoms with Gasteiger partial charge in [-0.15, -0.1) is 11.3 Å². The van der Waals surface area contributed by atoms with Crippen molar-refractivity contribution in [1.29, 1.82) is 0 Å². The van der Waals surface area contributed by atoms with Gasteiger partial charge in [0, 0.05) is 11.4 Å². The molecule has 0 spiro atoms. The van der Waals surface area contributed by atoms with Crippen molar-refractivity contribution in [2.75, 3.05) is 6.54 Å². The number of hydrogen-bond acceptors (Lipinski definition) is 4. The first-order valence-corrected chi connectivity index (χ1v) is 6.70. The number of ether oxygens (including phenoxy) is 1.